The first-order chi connectivity index (χ1) is 12.0. The van der Waals surface area contributed by atoms with Gasteiger partial charge >= 0.3 is 0 Å². The van der Waals surface area contributed by atoms with Crippen molar-refractivity contribution >= 4 is 10.0 Å². The van der Waals surface area contributed by atoms with E-state index in [2.05, 4.69) is 9.62 Å². The van der Waals surface area contributed by atoms with Gasteiger partial charge in [0.1, 0.15) is 0 Å². The van der Waals surface area contributed by atoms with Gasteiger partial charge in [0.15, 0.2) is 0 Å². The standard InChI is InChI=1S/C19H24N2O3S/c1-19(17-8-4-2-5-9-17,16-21-12-14-24-15-13-21)20-25(22,23)18-10-6-3-7-11-18/h2-11,20H,12-16H2,1H3/t19-/m0/s1. The highest BCUT2D eigenvalue weighted by atomic mass is 32.2. The quantitative estimate of drug-likeness (QED) is 0.858. The molecule has 6 heteroatoms. The second kappa shape index (κ2) is 7.66. The van der Waals surface area contributed by atoms with Crippen LogP contribution in [0.4, 0.5) is 0 Å². The van der Waals surface area contributed by atoms with Crippen molar-refractivity contribution in [2.45, 2.75) is 17.4 Å². The molecule has 0 radical (unpaired) electrons. The van der Waals surface area contributed by atoms with E-state index in [0.717, 1.165) is 18.7 Å². The van der Waals surface area contributed by atoms with Crippen LogP contribution in [0.3, 0.4) is 0 Å². The van der Waals surface area contributed by atoms with Crippen LogP contribution in [0.1, 0.15) is 12.5 Å². The summed E-state index contributed by atoms with van der Waals surface area (Å²) in [6.45, 7) is 5.49. The third-order valence-corrected chi connectivity index (χ3v) is 6.08. The van der Waals surface area contributed by atoms with Crippen LogP contribution in [0.2, 0.25) is 0 Å². The van der Waals surface area contributed by atoms with E-state index in [1.165, 1.54) is 0 Å². The molecule has 0 aliphatic carbocycles. The zero-order valence-corrected chi connectivity index (χ0v) is 15.2. The molecule has 1 fully saturated rings. The van der Waals surface area contributed by atoms with E-state index < -0.39 is 15.6 Å². The summed E-state index contributed by atoms with van der Waals surface area (Å²) >= 11 is 0. The van der Waals surface area contributed by atoms with Crippen LogP contribution in [0, 0.1) is 0 Å². The summed E-state index contributed by atoms with van der Waals surface area (Å²) in [7, 11) is -3.62. The van der Waals surface area contributed by atoms with Gasteiger partial charge in [0, 0.05) is 19.6 Å². The molecule has 1 aliphatic rings. The highest BCUT2D eigenvalue weighted by Crippen LogP contribution is 2.25. The van der Waals surface area contributed by atoms with Crippen molar-refractivity contribution in [1.29, 1.82) is 0 Å². The Hall–Kier alpha value is -1.73. The fraction of sp³-hybridized carbons (Fsp3) is 0.368. The number of sulfonamides is 1. The average Bonchev–Trinajstić information content (AvgIpc) is 2.63. The Balaban J connectivity index is 1.91. The zero-order chi connectivity index (χ0) is 17.8. The van der Waals surface area contributed by atoms with Crippen LogP contribution in [0.5, 0.6) is 0 Å². The summed E-state index contributed by atoms with van der Waals surface area (Å²) in [6, 6.07) is 18.2. The Bertz CT molecular complexity index is 775. The average molecular weight is 360 g/mol. The minimum Gasteiger partial charge on any atom is -0.379 e. The van der Waals surface area contributed by atoms with Crippen LogP contribution in [-0.4, -0.2) is 46.2 Å². The molecule has 2 aromatic carbocycles. The first kappa shape index (κ1) is 18.1. The van der Waals surface area contributed by atoms with E-state index in [1.807, 2.05) is 43.3 Å². The fourth-order valence-electron chi connectivity index (χ4n) is 3.15. The Morgan fingerprint density at radius 2 is 1.56 bits per heavy atom. The molecule has 2 aromatic rings. The molecule has 1 heterocycles. The molecule has 1 saturated heterocycles. The second-order valence-electron chi connectivity index (χ2n) is 6.51. The van der Waals surface area contributed by atoms with E-state index in [1.54, 1.807) is 24.3 Å². The molecule has 1 N–H and O–H groups in total. The number of hydrogen-bond donors (Lipinski definition) is 1. The van der Waals surface area contributed by atoms with Gasteiger partial charge in [0.25, 0.3) is 0 Å². The summed E-state index contributed by atoms with van der Waals surface area (Å²) in [4.78, 5) is 2.52. The Kier molecular flexibility index (Phi) is 5.54. The molecule has 1 aliphatic heterocycles. The molecule has 1 atom stereocenters. The molecule has 0 aromatic heterocycles. The van der Waals surface area contributed by atoms with Crippen LogP contribution in [0.25, 0.3) is 0 Å². The monoisotopic (exact) mass is 360 g/mol. The highest BCUT2D eigenvalue weighted by Gasteiger charge is 2.34. The fourth-order valence-corrected chi connectivity index (χ4v) is 4.56. The van der Waals surface area contributed by atoms with Crippen LogP contribution < -0.4 is 4.72 Å². The van der Waals surface area contributed by atoms with Gasteiger partial charge in [0.05, 0.1) is 23.6 Å². The predicted molar refractivity (Wildman–Crippen MR) is 97.8 cm³/mol. The maximum Gasteiger partial charge on any atom is 0.241 e. The predicted octanol–water partition coefficient (Wildman–Crippen LogP) is 2.21. The number of hydrogen-bond acceptors (Lipinski definition) is 4. The maximum atomic E-state index is 12.9. The first-order valence-electron chi connectivity index (χ1n) is 8.44. The number of rotatable bonds is 6. The summed E-state index contributed by atoms with van der Waals surface area (Å²) in [6.07, 6.45) is 0. The molecule has 3 rings (SSSR count). The summed E-state index contributed by atoms with van der Waals surface area (Å²) in [5.74, 6) is 0. The van der Waals surface area contributed by atoms with Crippen molar-refractivity contribution in [2.75, 3.05) is 32.8 Å². The Labute approximate surface area is 149 Å². The summed E-state index contributed by atoms with van der Waals surface area (Å²) in [5, 5.41) is 0. The van der Waals surface area contributed by atoms with Crippen LogP contribution >= 0.6 is 0 Å². The third kappa shape index (κ3) is 4.46. The number of morpholine rings is 1. The Morgan fingerprint density at radius 1 is 1.00 bits per heavy atom. The normalized spacial score (nSPS) is 18.6. The minimum absolute atomic E-state index is 0.277. The van der Waals surface area contributed by atoms with Crippen molar-refractivity contribution < 1.29 is 13.2 Å². The smallest absolute Gasteiger partial charge is 0.241 e. The van der Waals surface area contributed by atoms with Gasteiger partial charge < -0.3 is 4.74 Å². The van der Waals surface area contributed by atoms with Crippen LogP contribution in [0.15, 0.2) is 65.6 Å². The lowest BCUT2D eigenvalue weighted by Gasteiger charge is -2.38. The molecule has 0 spiro atoms. The molecule has 5 nitrogen and oxygen atoms in total. The summed E-state index contributed by atoms with van der Waals surface area (Å²) in [5.41, 5.74) is 0.216. The van der Waals surface area contributed by atoms with Gasteiger partial charge in [-0.1, -0.05) is 48.5 Å². The van der Waals surface area contributed by atoms with Gasteiger partial charge in [-0.15, -0.1) is 0 Å². The third-order valence-electron chi connectivity index (χ3n) is 4.47. The van der Waals surface area contributed by atoms with Gasteiger partial charge in [-0.25, -0.2) is 8.42 Å². The lowest BCUT2D eigenvalue weighted by atomic mass is 9.92. The molecule has 0 bridgehead atoms. The molecule has 25 heavy (non-hydrogen) atoms. The van der Waals surface area contributed by atoms with Crippen molar-refractivity contribution in [3.05, 3.63) is 66.2 Å². The lowest BCUT2D eigenvalue weighted by Crippen LogP contribution is -2.53. The van der Waals surface area contributed by atoms with E-state index in [4.69, 9.17) is 4.74 Å². The molecule has 134 valence electrons. The zero-order valence-electron chi connectivity index (χ0n) is 14.4. The number of ether oxygens (including phenoxy) is 1. The molecule has 0 amide bonds. The number of benzene rings is 2. The largest absolute Gasteiger partial charge is 0.379 e. The lowest BCUT2D eigenvalue weighted by molar-refractivity contribution is 0.0271. The van der Waals surface area contributed by atoms with Crippen molar-refractivity contribution in [3.8, 4) is 0 Å². The molecular weight excluding hydrogens is 336 g/mol. The topological polar surface area (TPSA) is 58.6 Å². The first-order valence-corrected chi connectivity index (χ1v) is 9.93. The highest BCUT2D eigenvalue weighted by molar-refractivity contribution is 7.89. The van der Waals surface area contributed by atoms with Crippen molar-refractivity contribution in [2.24, 2.45) is 0 Å². The van der Waals surface area contributed by atoms with E-state index in [9.17, 15) is 8.42 Å². The van der Waals surface area contributed by atoms with Crippen molar-refractivity contribution in [3.63, 3.8) is 0 Å². The SMILES string of the molecule is C[C@@](CN1CCOCC1)(NS(=O)(=O)c1ccccc1)c1ccccc1. The number of nitrogens with zero attached hydrogens (tertiary/aromatic N) is 1. The van der Waals surface area contributed by atoms with Gasteiger partial charge in [0.2, 0.25) is 10.0 Å². The number of nitrogens with one attached hydrogen (secondary N) is 1. The van der Waals surface area contributed by atoms with Gasteiger partial charge in [-0.05, 0) is 24.6 Å². The van der Waals surface area contributed by atoms with E-state index in [-0.39, 0.29) is 4.90 Å². The molecule has 0 unspecified atom stereocenters. The summed E-state index contributed by atoms with van der Waals surface area (Å²) < 4.78 is 34.2. The molecular formula is C19H24N2O3S. The van der Waals surface area contributed by atoms with Crippen LogP contribution in [-0.2, 0) is 20.3 Å². The van der Waals surface area contributed by atoms with E-state index >= 15 is 0 Å². The maximum absolute atomic E-state index is 12.9. The second-order valence-corrected chi connectivity index (χ2v) is 8.19. The van der Waals surface area contributed by atoms with Gasteiger partial charge in [-0.2, -0.15) is 4.72 Å². The van der Waals surface area contributed by atoms with E-state index in [0.29, 0.717) is 19.8 Å². The van der Waals surface area contributed by atoms with Gasteiger partial charge in [-0.3, -0.25) is 4.90 Å². The Morgan fingerprint density at radius 3 is 2.16 bits per heavy atom. The minimum atomic E-state index is -3.62. The molecule has 0 saturated carbocycles. The van der Waals surface area contributed by atoms with Crippen molar-refractivity contribution in [1.82, 2.24) is 9.62 Å².